The maximum atomic E-state index is 13.3. The summed E-state index contributed by atoms with van der Waals surface area (Å²) in [5.74, 6) is -0.744. The molecule has 1 N–H and O–H groups in total. The molecule has 1 aromatic heterocycles. The second kappa shape index (κ2) is 8.24. The number of carbonyl (C=O) groups excluding carboxylic acids is 1. The number of hydrogen-bond donors (Lipinski definition) is 1. The minimum atomic E-state index is -0.577. The van der Waals surface area contributed by atoms with Crippen LogP contribution in [0.5, 0.6) is 0 Å². The first-order chi connectivity index (χ1) is 12.9. The Balaban J connectivity index is 1.59. The number of nitro groups is 1. The Morgan fingerprint density at radius 2 is 2.11 bits per heavy atom. The normalized spacial score (nSPS) is 10.6. The van der Waals surface area contributed by atoms with Crippen molar-refractivity contribution in [1.82, 2.24) is 10.3 Å². The smallest absolute Gasteiger partial charge is 0.270 e. The number of nitrogens with zero attached hydrogens (tertiary/aromatic N) is 2. The Labute approximate surface area is 162 Å². The summed E-state index contributed by atoms with van der Waals surface area (Å²) >= 11 is 7.34. The molecule has 138 valence electrons. The number of benzene rings is 2. The van der Waals surface area contributed by atoms with Gasteiger partial charge < -0.3 is 5.32 Å². The third-order valence-corrected chi connectivity index (χ3v) is 4.95. The summed E-state index contributed by atoms with van der Waals surface area (Å²) in [6.07, 6.45) is 0.488. The zero-order valence-corrected chi connectivity index (χ0v) is 15.4. The van der Waals surface area contributed by atoms with Gasteiger partial charge in [-0.05, 0) is 18.2 Å². The van der Waals surface area contributed by atoms with Gasteiger partial charge in [-0.1, -0.05) is 23.7 Å². The van der Waals surface area contributed by atoms with Gasteiger partial charge in [0.15, 0.2) is 0 Å². The van der Waals surface area contributed by atoms with Gasteiger partial charge in [0.1, 0.15) is 10.8 Å². The number of aromatic nitrogens is 1. The van der Waals surface area contributed by atoms with Crippen LogP contribution in [-0.2, 0) is 6.42 Å². The second-order valence-electron chi connectivity index (χ2n) is 5.58. The van der Waals surface area contributed by atoms with Crippen LogP contribution in [0.15, 0.2) is 47.8 Å². The largest absolute Gasteiger partial charge is 0.352 e. The summed E-state index contributed by atoms with van der Waals surface area (Å²) in [4.78, 5) is 26.7. The molecule has 6 nitrogen and oxygen atoms in total. The summed E-state index contributed by atoms with van der Waals surface area (Å²) in [6, 6.07) is 9.89. The Bertz CT molecular complexity index is 1010. The van der Waals surface area contributed by atoms with Crippen molar-refractivity contribution >= 4 is 34.5 Å². The van der Waals surface area contributed by atoms with Crippen LogP contribution in [0.4, 0.5) is 10.1 Å². The number of amides is 1. The molecular formula is C18H13ClFN3O3S. The molecule has 3 aromatic rings. The van der Waals surface area contributed by atoms with Gasteiger partial charge in [0.25, 0.3) is 11.6 Å². The van der Waals surface area contributed by atoms with Crippen LogP contribution in [-0.4, -0.2) is 22.4 Å². The van der Waals surface area contributed by atoms with Gasteiger partial charge in [0.2, 0.25) is 0 Å². The molecule has 0 spiro atoms. The van der Waals surface area contributed by atoms with E-state index in [9.17, 15) is 19.3 Å². The first-order valence-electron chi connectivity index (χ1n) is 7.86. The fourth-order valence-electron chi connectivity index (χ4n) is 2.38. The topological polar surface area (TPSA) is 85.1 Å². The molecule has 9 heteroatoms. The molecule has 0 fully saturated rings. The molecule has 1 amide bonds. The van der Waals surface area contributed by atoms with Crippen LogP contribution in [0, 0.1) is 15.9 Å². The lowest BCUT2D eigenvalue weighted by Gasteiger charge is -2.06. The van der Waals surface area contributed by atoms with Gasteiger partial charge in [0, 0.05) is 36.0 Å². The number of hydrogen-bond acceptors (Lipinski definition) is 5. The highest BCUT2D eigenvalue weighted by Crippen LogP contribution is 2.25. The van der Waals surface area contributed by atoms with Gasteiger partial charge in [-0.25, -0.2) is 9.37 Å². The Morgan fingerprint density at radius 3 is 2.81 bits per heavy atom. The Hall–Kier alpha value is -2.84. The molecule has 1 heterocycles. The van der Waals surface area contributed by atoms with E-state index in [2.05, 4.69) is 10.3 Å². The number of thiazole rings is 1. The summed E-state index contributed by atoms with van der Waals surface area (Å²) < 4.78 is 13.3. The van der Waals surface area contributed by atoms with Gasteiger partial charge in [-0.15, -0.1) is 11.3 Å². The zero-order valence-electron chi connectivity index (χ0n) is 13.8. The first-order valence-corrected chi connectivity index (χ1v) is 9.12. The number of non-ortho nitro benzene ring substituents is 1. The minimum Gasteiger partial charge on any atom is -0.352 e. The van der Waals surface area contributed by atoms with E-state index in [1.807, 2.05) is 5.38 Å². The molecule has 0 aliphatic heterocycles. The van der Waals surface area contributed by atoms with Crippen molar-refractivity contribution < 1.29 is 14.1 Å². The van der Waals surface area contributed by atoms with E-state index in [1.54, 1.807) is 12.1 Å². The third-order valence-electron chi connectivity index (χ3n) is 3.70. The molecule has 0 radical (unpaired) electrons. The molecule has 3 rings (SSSR count). The van der Waals surface area contributed by atoms with Crippen LogP contribution < -0.4 is 5.32 Å². The van der Waals surface area contributed by atoms with Crippen molar-refractivity contribution in [2.45, 2.75) is 6.42 Å². The molecule has 0 aliphatic carbocycles. The number of nitro benzene ring substituents is 1. The number of carbonyl (C=O) groups is 1. The van der Waals surface area contributed by atoms with E-state index >= 15 is 0 Å². The molecule has 0 unspecified atom stereocenters. The van der Waals surface area contributed by atoms with Crippen LogP contribution in [0.25, 0.3) is 10.6 Å². The molecule has 0 saturated carbocycles. The van der Waals surface area contributed by atoms with E-state index in [0.717, 1.165) is 11.8 Å². The maximum absolute atomic E-state index is 13.3. The van der Waals surface area contributed by atoms with Crippen molar-refractivity contribution in [2.75, 3.05) is 6.54 Å². The fourth-order valence-corrected chi connectivity index (χ4v) is 3.49. The van der Waals surface area contributed by atoms with E-state index in [-0.39, 0.29) is 22.1 Å². The van der Waals surface area contributed by atoms with Gasteiger partial charge in [-0.2, -0.15) is 0 Å². The number of halogens is 2. The van der Waals surface area contributed by atoms with Gasteiger partial charge >= 0.3 is 0 Å². The molecule has 0 atom stereocenters. The second-order valence-corrected chi connectivity index (χ2v) is 6.85. The zero-order chi connectivity index (χ0) is 19.4. The SMILES string of the molecule is O=C(NCCc1csc(-c2cccc(F)c2)n1)c1ccc([N+](=O)[O-])cc1Cl. The Kier molecular flexibility index (Phi) is 5.78. The summed E-state index contributed by atoms with van der Waals surface area (Å²) in [6.45, 7) is 0.318. The quantitative estimate of drug-likeness (QED) is 0.484. The standard InChI is InChI=1S/C18H13ClFN3O3S/c19-16-9-14(23(25)26)4-5-15(16)17(24)21-7-6-13-10-27-18(22-13)11-2-1-3-12(20)8-11/h1-5,8-10H,6-7H2,(H,21,24). The Morgan fingerprint density at radius 1 is 1.30 bits per heavy atom. The van der Waals surface area contributed by atoms with Crippen LogP contribution >= 0.6 is 22.9 Å². The average Bonchev–Trinajstić information content (AvgIpc) is 3.10. The lowest BCUT2D eigenvalue weighted by Crippen LogP contribution is -2.26. The lowest BCUT2D eigenvalue weighted by molar-refractivity contribution is -0.384. The van der Waals surface area contributed by atoms with Crippen molar-refractivity contribution in [1.29, 1.82) is 0 Å². The highest BCUT2D eigenvalue weighted by atomic mass is 35.5. The van der Waals surface area contributed by atoms with Crippen LogP contribution in [0.1, 0.15) is 16.1 Å². The van der Waals surface area contributed by atoms with Crippen LogP contribution in [0.2, 0.25) is 5.02 Å². The van der Waals surface area contributed by atoms with Crippen molar-refractivity contribution in [3.05, 3.63) is 80.1 Å². The summed E-state index contributed by atoms with van der Waals surface area (Å²) in [7, 11) is 0. The fraction of sp³-hybridized carbons (Fsp3) is 0.111. The van der Waals surface area contributed by atoms with Crippen LogP contribution in [0.3, 0.4) is 0 Å². The molecule has 27 heavy (non-hydrogen) atoms. The van der Waals surface area contributed by atoms with Crippen molar-refractivity contribution in [3.8, 4) is 10.6 Å². The molecule has 0 saturated heterocycles. The molecule has 0 bridgehead atoms. The predicted molar refractivity (Wildman–Crippen MR) is 102 cm³/mol. The van der Waals surface area contributed by atoms with E-state index in [1.165, 1.54) is 35.6 Å². The molecule has 0 aliphatic rings. The first kappa shape index (κ1) is 18.9. The van der Waals surface area contributed by atoms with Gasteiger partial charge in [0.05, 0.1) is 21.2 Å². The predicted octanol–water partition coefficient (Wildman–Crippen LogP) is 4.48. The van der Waals surface area contributed by atoms with Crippen molar-refractivity contribution in [3.63, 3.8) is 0 Å². The van der Waals surface area contributed by atoms with E-state index in [0.29, 0.717) is 23.5 Å². The third kappa shape index (κ3) is 4.66. The monoisotopic (exact) mass is 405 g/mol. The molecule has 2 aromatic carbocycles. The van der Waals surface area contributed by atoms with E-state index < -0.39 is 10.8 Å². The average molecular weight is 406 g/mol. The van der Waals surface area contributed by atoms with E-state index in [4.69, 9.17) is 11.6 Å². The van der Waals surface area contributed by atoms with Crippen molar-refractivity contribution in [2.24, 2.45) is 0 Å². The molecular weight excluding hydrogens is 393 g/mol. The number of rotatable bonds is 6. The lowest BCUT2D eigenvalue weighted by atomic mass is 10.2. The summed E-state index contributed by atoms with van der Waals surface area (Å²) in [5, 5.41) is 16.0. The highest BCUT2D eigenvalue weighted by molar-refractivity contribution is 7.13. The maximum Gasteiger partial charge on any atom is 0.270 e. The van der Waals surface area contributed by atoms with Gasteiger partial charge in [-0.3, -0.25) is 14.9 Å². The highest BCUT2D eigenvalue weighted by Gasteiger charge is 2.15. The minimum absolute atomic E-state index is 0.0174. The number of nitrogens with one attached hydrogen (secondary N) is 1. The summed E-state index contributed by atoms with van der Waals surface area (Å²) in [5.41, 5.74) is 1.47.